The van der Waals surface area contributed by atoms with Crippen LogP contribution in [0.2, 0.25) is 0 Å². The molecular weight excluding hydrogens is 246 g/mol. The maximum absolute atomic E-state index is 5.14. The van der Waals surface area contributed by atoms with Gasteiger partial charge in [-0.05, 0) is 25.6 Å². The van der Waals surface area contributed by atoms with Crippen LogP contribution >= 0.6 is 11.8 Å². The maximum atomic E-state index is 5.14. The first-order valence-corrected chi connectivity index (χ1v) is 6.98. The summed E-state index contributed by atoms with van der Waals surface area (Å²) in [4.78, 5) is 5.55. The molecule has 0 spiro atoms. The van der Waals surface area contributed by atoms with Crippen molar-refractivity contribution >= 4 is 11.8 Å². The van der Waals surface area contributed by atoms with E-state index in [0.29, 0.717) is 12.4 Å². The minimum absolute atomic E-state index is 0.638. The first kappa shape index (κ1) is 13.1. The Labute approximate surface area is 111 Å². The second-order valence-electron chi connectivity index (χ2n) is 3.99. The van der Waals surface area contributed by atoms with Gasteiger partial charge in [-0.1, -0.05) is 29.8 Å². The predicted molar refractivity (Wildman–Crippen MR) is 72.4 cm³/mol. The van der Waals surface area contributed by atoms with Gasteiger partial charge in [-0.25, -0.2) is 0 Å². The molecule has 1 heterocycles. The molecule has 0 saturated heterocycles. The van der Waals surface area contributed by atoms with E-state index < -0.39 is 0 Å². The Balaban J connectivity index is 1.88. The van der Waals surface area contributed by atoms with Crippen LogP contribution in [0.1, 0.15) is 24.2 Å². The normalized spacial score (nSPS) is 10.8. The number of nitrogens with one attached hydrogen (secondary N) is 1. The van der Waals surface area contributed by atoms with Crippen molar-refractivity contribution in [2.75, 3.05) is 6.54 Å². The Morgan fingerprint density at radius 2 is 2.28 bits per heavy atom. The lowest BCUT2D eigenvalue weighted by Gasteiger charge is -1.99. The van der Waals surface area contributed by atoms with Gasteiger partial charge in [0.2, 0.25) is 5.89 Å². The van der Waals surface area contributed by atoms with Gasteiger partial charge >= 0.3 is 0 Å². The van der Waals surface area contributed by atoms with Crippen LogP contribution in [0.4, 0.5) is 0 Å². The highest BCUT2D eigenvalue weighted by Gasteiger charge is 2.06. The van der Waals surface area contributed by atoms with E-state index in [0.717, 1.165) is 18.1 Å². The summed E-state index contributed by atoms with van der Waals surface area (Å²) < 4.78 is 5.14. The summed E-state index contributed by atoms with van der Waals surface area (Å²) in [5.74, 6) is 2.13. The van der Waals surface area contributed by atoms with Crippen LogP contribution in [0.25, 0.3) is 0 Å². The van der Waals surface area contributed by atoms with Crippen LogP contribution in [0.5, 0.6) is 0 Å². The first-order valence-electron chi connectivity index (χ1n) is 5.99. The van der Waals surface area contributed by atoms with E-state index in [1.54, 1.807) is 11.8 Å². The van der Waals surface area contributed by atoms with Gasteiger partial charge in [0.05, 0.1) is 12.3 Å². The highest BCUT2D eigenvalue weighted by atomic mass is 32.2. The monoisotopic (exact) mass is 263 g/mol. The van der Waals surface area contributed by atoms with Crippen molar-refractivity contribution in [3.63, 3.8) is 0 Å². The first-order chi connectivity index (χ1) is 8.78. The van der Waals surface area contributed by atoms with Crippen LogP contribution in [0, 0.1) is 6.92 Å². The summed E-state index contributed by atoms with van der Waals surface area (Å²) in [6.07, 6.45) is 0. The smallest absolute Gasteiger partial charge is 0.240 e. The van der Waals surface area contributed by atoms with Crippen molar-refractivity contribution in [2.45, 2.75) is 31.0 Å². The van der Waals surface area contributed by atoms with Crippen LogP contribution in [-0.2, 0) is 12.3 Å². The highest BCUT2D eigenvalue weighted by molar-refractivity contribution is 7.98. The van der Waals surface area contributed by atoms with E-state index >= 15 is 0 Å². The van der Waals surface area contributed by atoms with Crippen molar-refractivity contribution < 1.29 is 4.52 Å². The third-order valence-corrected chi connectivity index (χ3v) is 3.38. The fourth-order valence-electron chi connectivity index (χ4n) is 1.51. The number of aryl methyl sites for hydroxylation is 1. The van der Waals surface area contributed by atoms with Gasteiger partial charge in [0.15, 0.2) is 5.82 Å². The molecule has 0 aliphatic rings. The molecule has 0 bridgehead atoms. The summed E-state index contributed by atoms with van der Waals surface area (Å²) in [7, 11) is 0. The molecule has 0 aliphatic carbocycles. The summed E-state index contributed by atoms with van der Waals surface area (Å²) in [5.41, 5.74) is 1.26. The summed E-state index contributed by atoms with van der Waals surface area (Å²) in [5, 5.41) is 7.12. The molecule has 0 atom stereocenters. The average molecular weight is 263 g/mol. The van der Waals surface area contributed by atoms with Crippen molar-refractivity contribution in [3.8, 4) is 0 Å². The van der Waals surface area contributed by atoms with Crippen LogP contribution < -0.4 is 5.32 Å². The van der Waals surface area contributed by atoms with Gasteiger partial charge in [-0.2, -0.15) is 4.98 Å². The molecule has 0 aliphatic heterocycles. The maximum Gasteiger partial charge on any atom is 0.240 e. The quantitative estimate of drug-likeness (QED) is 0.812. The molecule has 2 aromatic rings. The van der Waals surface area contributed by atoms with E-state index in [-0.39, 0.29) is 0 Å². The van der Waals surface area contributed by atoms with E-state index in [2.05, 4.69) is 46.6 Å². The van der Waals surface area contributed by atoms with Gasteiger partial charge in [0, 0.05) is 4.90 Å². The second kappa shape index (κ2) is 6.56. The predicted octanol–water partition coefficient (Wildman–Crippen LogP) is 2.78. The largest absolute Gasteiger partial charge is 0.338 e. The zero-order valence-electron chi connectivity index (χ0n) is 10.6. The minimum atomic E-state index is 0.638. The van der Waals surface area contributed by atoms with Crippen LogP contribution in [0.3, 0.4) is 0 Å². The molecule has 1 N–H and O–H groups in total. The highest BCUT2D eigenvalue weighted by Crippen LogP contribution is 2.22. The third kappa shape index (κ3) is 3.85. The fraction of sp³-hybridized carbons (Fsp3) is 0.385. The lowest BCUT2D eigenvalue weighted by Crippen LogP contribution is -2.11. The number of rotatable bonds is 6. The summed E-state index contributed by atoms with van der Waals surface area (Å²) in [6.45, 7) is 5.67. The number of benzene rings is 1. The Morgan fingerprint density at radius 1 is 1.39 bits per heavy atom. The SMILES string of the molecule is CCNCc1nc(CSc2cccc(C)c2)no1. The standard InChI is InChI=1S/C13H17N3OS/c1-3-14-8-13-15-12(16-17-13)9-18-11-6-4-5-10(2)7-11/h4-7,14H,3,8-9H2,1-2H3. The van der Waals surface area contributed by atoms with Gasteiger partial charge < -0.3 is 9.84 Å². The van der Waals surface area contributed by atoms with E-state index in [4.69, 9.17) is 4.52 Å². The number of hydrogen-bond acceptors (Lipinski definition) is 5. The lowest BCUT2D eigenvalue weighted by molar-refractivity contribution is 0.365. The molecule has 0 fully saturated rings. The molecule has 0 amide bonds. The Kier molecular flexibility index (Phi) is 4.78. The van der Waals surface area contributed by atoms with Gasteiger partial charge in [-0.15, -0.1) is 11.8 Å². The van der Waals surface area contributed by atoms with E-state index in [1.807, 2.05) is 6.92 Å². The van der Waals surface area contributed by atoms with E-state index in [1.165, 1.54) is 10.5 Å². The number of nitrogens with zero attached hydrogens (tertiary/aromatic N) is 2. The van der Waals surface area contributed by atoms with Crippen LogP contribution in [-0.4, -0.2) is 16.7 Å². The number of hydrogen-bond donors (Lipinski definition) is 1. The Bertz CT molecular complexity index is 498. The van der Waals surface area contributed by atoms with E-state index in [9.17, 15) is 0 Å². The van der Waals surface area contributed by atoms with Crippen molar-refractivity contribution in [1.29, 1.82) is 0 Å². The fourth-order valence-corrected chi connectivity index (χ4v) is 2.36. The summed E-state index contributed by atoms with van der Waals surface area (Å²) in [6, 6.07) is 8.40. The van der Waals surface area contributed by atoms with Crippen molar-refractivity contribution in [1.82, 2.24) is 15.5 Å². The Hall–Kier alpha value is -1.33. The zero-order valence-corrected chi connectivity index (χ0v) is 11.5. The molecule has 4 nitrogen and oxygen atoms in total. The van der Waals surface area contributed by atoms with Crippen molar-refractivity contribution in [2.24, 2.45) is 0 Å². The van der Waals surface area contributed by atoms with Gasteiger partial charge in [0.1, 0.15) is 0 Å². The number of thioether (sulfide) groups is 1. The molecule has 1 aromatic carbocycles. The van der Waals surface area contributed by atoms with Crippen LogP contribution in [0.15, 0.2) is 33.7 Å². The molecule has 1 aromatic heterocycles. The molecule has 0 unspecified atom stereocenters. The molecule has 5 heteroatoms. The molecule has 2 rings (SSSR count). The van der Waals surface area contributed by atoms with Gasteiger partial charge in [-0.3, -0.25) is 0 Å². The minimum Gasteiger partial charge on any atom is -0.338 e. The third-order valence-electron chi connectivity index (χ3n) is 2.39. The molecule has 96 valence electrons. The summed E-state index contributed by atoms with van der Waals surface area (Å²) >= 11 is 1.72. The zero-order chi connectivity index (χ0) is 12.8. The molecular formula is C13H17N3OS. The Morgan fingerprint density at radius 3 is 3.06 bits per heavy atom. The number of aromatic nitrogens is 2. The van der Waals surface area contributed by atoms with Crippen molar-refractivity contribution in [3.05, 3.63) is 41.5 Å². The molecule has 0 saturated carbocycles. The van der Waals surface area contributed by atoms with Gasteiger partial charge in [0.25, 0.3) is 0 Å². The average Bonchev–Trinajstić information content (AvgIpc) is 2.82. The molecule has 0 radical (unpaired) electrons. The topological polar surface area (TPSA) is 51.0 Å². The molecule has 18 heavy (non-hydrogen) atoms. The second-order valence-corrected chi connectivity index (χ2v) is 5.04. The lowest BCUT2D eigenvalue weighted by atomic mass is 10.2.